The minimum absolute atomic E-state index is 0.209. The number of hydrogen-bond donors (Lipinski definition) is 2. The lowest BCUT2D eigenvalue weighted by Crippen LogP contribution is -2.51. The van der Waals surface area contributed by atoms with Crippen LogP contribution in [-0.2, 0) is 10.0 Å². The number of likely N-dealkylation sites (tertiary alicyclic amines) is 1. The van der Waals surface area contributed by atoms with E-state index in [2.05, 4.69) is 26.3 Å². The first-order valence-electron chi connectivity index (χ1n) is 12.5. The molecular formula is C27H30N6O3S. The summed E-state index contributed by atoms with van der Waals surface area (Å²) in [6.07, 6.45) is 4.80. The van der Waals surface area contributed by atoms with Crippen LogP contribution < -0.4 is 5.32 Å². The lowest BCUT2D eigenvalue weighted by Gasteiger charge is -2.39. The van der Waals surface area contributed by atoms with Crippen LogP contribution in [0.3, 0.4) is 0 Å². The minimum Gasteiger partial charge on any atom is -0.388 e. The standard InChI is InChI=1S/C27H30N6O3S/c28-19-21-5-1-2-6-24(21)25-11-14-29-26(31-25)30-22-7-9-23(10-8-22)37(35,36)33-17-12-27(34,13-18-33)20-32-15-3-4-16-32/h1-2,5-11,14,34H,3-4,12-13,15-18,20H2,(H,29,30,31). The maximum Gasteiger partial charge on any atom is 0.243 e. The summed E-state index contributed by atoms with van der Waals surface area (Å²) in [6.45, 7) is 3.24. The molecule has 0 amide bonds. The molecule has 0 aliphatic carbocycles. The number of sulfonamides is 1. The van der Waals surface area contributed by atoms with E-state index in [-0.39, 0.29) is 4.90 Å². The number of rotatable bonds is 7. The molecule has 10 heteroatoms. The van der Waals surface area contributed by atoms with E-state index in [1.165, 1.54) is 4.31 Å². The van der Waals surface area contributed by atoms with Crippen LogP contribution in [-0.4, -0.2) is 71.0 Å². The molecule has 5 rings (SSSR count). The third kappa shape index (κ3) is 5.65. The molecule has 1 aromatic heterocycles. The normalized spacial score (nSPS) is 18.4. The lowest BCUT2D eigenvalue weighted by molar-refractivity contribution is -0.0284. The Bertz CT molecular complexity index is 1390. The van der Waals surface area contributed by atoms with E-state index in [0.29, 0.717) is 60.9 Å². The highest BCUT2D eigenvalue weighted by Crippen LogP contribution is 2.29. The van der Waals surface area contributed by atoms with E-state index >= 15 is 0 Å². The molecule has 0 atom stereocenters. The molecule has 0 bridgehead atoms. The second kappa shape index (κ2) is 10.6. The van der Waals surface area contributed by atoms with Gasteiger partial charge in [-0.05, 0) is 75.2 Å². The smallest absolute Gasteiger partial charge is 0.243 e. The van der Waals surface area contributed by atoms with Crippen molar-refractivity contribution in [1.29, 1.82) is 5.26 Å². The number of hydrogen-bond acceptors (Lipinski definition) is 8. The van der Waals surface area contributed by atoms with Crippen LogP contribution in [0.2, 0.25) is 0 Å². The number of aromatic nitrogens is 2. The van der Waals surface area contributed by atoms with Crippen molar-refractivity contribution in [3.63, 3.8) is 0 Å². The fourth-order valence-electron chi connectivity index (χ4n) is 5.02. The molecule has 9 nitrogen and oxygen atoms in total. The molecular weight excluding hydrogens is 488 g/mol. The van der Waals surface area contributed by atoms with Crippen LogP contribution in [0, 0.1) is 11.3 Å². The van der Waals surface area contributed by atoms with Crippen LogP contribution >= 0.6 is 0 Å². The van der Waals surface area contributed by atoms with Gasteiger partial charge in [0, 0.05) is 37.1 Å². The van der Waals surface area contributed by atoms with Gasteiger partial charge < -0.3 is 15.3 Å². The Morgan fingerprint density at radius 3 is 2.41 bits per heavy atom. The van der Waals surface area contributed by atoms with Gasteiger partial charge in [0.05, 0.1) is 27.8 Å². The molecule has 37 heavy (non-hydrogen) atoms. The predicted octanol–water partition coefficient (Wildman–Crippen LogP) is 3.37. The topological polar surface area (TPSA) is 122 Å². The molecule has 2 aromatic carbocycles. The average Bonchev–Trinajstić information content (AvgIpc) is 3.42. The number of nitrogens with zero attached hydrogens (tertiary/aromatic N) is 5. The molecule has 2 saturated heterocycles. The molecule has 0 radical (unpaired) electrons. The van der Waals surface area contributed by atoms with E-state index in [1.807, 2.05) is 12.1 Å². The summed E-state index contributed by atoms with van der Waals surface area (Å²) in [5, 5.41) is 23.5. The quantitative estimate of drug-likeness (QED) is 0.488. The van der Waals surface area contributed by atoms with Crippen molar-refractivity contribution in [1.82, 2.24) is 19.2 Å². The van der Waals surface area contributed by atoms with Crippen LogP contribution in [0.15, 0.2) is 65.7 Å². The summed E-state index contributed by atoms with van der Waals surface area (Å²) in [5.41, 5.74) is 1.67. The van der Waals surface area contributed by atoms with Crippen molar-refractivity contribution in [3.05, 3.63) is 66.4 Å². The molecule has 192 valence electrons. The number of aliphatic hydroxyl groups is 1. The third-order valence-corrected chi connectivity index (χ3v) is 9.01. The van der Waals surface area contributed by atoms with Crippen molar-refractivity contribution in [2.45, 2.75) is 36.2 Å². The summed E-state index contributed by atoms with van der Waals surface area (Å²) in [6, 6.07) is 17.6. The molecule has 3 heterocycles. The zero-order chi connectivity index (χ0) is 25.9. The number of nitriles is 1. The largest absolute Gasteiger partial charge is 0.388 e. The number of benzene rings is 2. The zero-order valence-corrected chi connectivity index (χ0v) is 21.4. The van der Waals surface area contributed by atoms with Gasteiger partial charge >= 0.3 is 0 Å². The van der Waals surface area contributed by atoms with Crippen molar-refractivity contribution in [3.8, 4) is 17.3 Å². The van der Waals surface area contributed by atoms with Gasteiger partial charge in [-0.2, -0.15) is 9.57 Å². The van der Waals surface area contributed by atoms with Crippen molar-refractivity contribution < 1.29 is 13.5 Å². The maximum absolute atomic E-state index is 13.2. The molecule has 2 fully saturated rings. The van der Waals surface area contributed by atoms with Crippen LogP contribution in [0.4, 0.5) is 11.6 Å². The van der Waals surface area contributed by atoms with E-state index in [0.717, 1.165) is 25.9 Å². The van der Waals surface area contributed by atoms with Gasteiger partial charge in [-0.1, -0.05) is 18.2 Å². The highest BCUT2D eigenvalue weighted by molar-refractivity contribution is 7.89. The Labute approximate surface area is 217 Å². The maximum atomic E-state index is 13.2. The monoisotopic (exact) mass is 518 g/mol. The van der Waals surface area contributed by atoms with Gasteiger partial charge in [0.25, 0.3) is 0 Å². The molecule has 2 aliphatic heterocycles. The first kappa shape index (κ1) is 25.3. The van der Waals surface area contributed by atoms with Gasteiger partial charge in [0.15, 0.2) is 0 Å². The highest BCUT2D eigenvalue weighted by Gasteiger charge is 2.38. The first-order chi connectivity index (χ1) is 17.9. The van der Waals surface area contributed by atoms with Crippen molar-refractivity contribution in [2.75, 3.05) is 38.0 Å². The molecule has 2 N–H and O–H groups in total. The molecule has 0 spiro atoms. The van der Waals surface area contributed by atoms with E-state index in [1.54, 1.807) is 48.7 Å². The summed E-state index contributed by atoms with van der Waals surface area (Å²) in [5.74, 6) is 0.342. The third-order valence-electron chi connectivity index (χ3n) is 7.10. The van der Waals surface area contributed by atoms with Crippen LogP contribution in [0.25, 0.3) is 11.3 Å². The Hall–Kier alpha value is -3.36. The van der Waals surface area contributed by atoms with E-state index in [4.69, 9.17) is 0 Å². The zero-order valence-electron chi connectivity index (χ0n) is 20.5. The van der Waals surface area contributed by atoms with Gasteiger partial charge in [-0.15, -0.1) is 0 Å². The highest BCUT2D eigenvalue weighted by atomic mass is 32.2. The Morgan fingerprint density at radius 2 is 1.70 bits per heavy atom. The Kier molecular flexibility index (Phi) is 7.22. The minimum atomic E-state index is -3.66. The lowest BCUT2D eigenvalue weighted by atomic mass is 9.92. The summed E-state index contributed by atoms with van der Waals surface area (Å²) < 4.78 is 27.9. The SMILES string of the molecule is N#Cc1ccccc1-c1ccnc(Nc2ccc(S(=O)(=O)N3CCC(O)(CN4CCCC4)CC3)cc2)n1. The number of nitrogens with one attached hydrogen (secondary N) is 1. The average molecular weight is 519 g/mol. The molecule has 3 aromatic rings. The fraction of sp³-hybridized carbons (Fsp3) is 0.370. The number of piperidine rings is 1. The van der Waals surface area contributed by atoms with Gasteiger partial charge in [-0.25, -0.2) is 18.4 Å². The van der Waals surface area contributed by atoms with Gasteiger partial charge in [0.1, 0.15) is 0 Å². The second-order valence-electron chi connectivity index (χ2n) is 9.68. The molecule has 2 aliphatic rings. The van der Waals surface area contributed by atoms with Gasteiger partial charge in [0.2, 0.25) is 16.0 Å². The number of β-amino-alcohol motifs (C(OH)–C–C–N with tert-alkyl or cyclic N) is 1. The molecule has 0 saturated carbocycles. The van der Waals surface area contributed by atoms with E-state index < -0.39 is 15.6 Å². The molecule has 0 unspecified atom stereocenters. The predicted molar refractivity (Wildman–Crippen MR) is 141 cm³/mol. The van der Waals surface area contributed by atoms with Crippen molar-refractivity contribution >= 4 is 21.7 Å². The van der Waals surface area contributed by atoms with Crippen molar-refractivity contribution in [2.24, 2.45) is 0 Å². The Morgan fingerprint density at radius 1 is 1.00 bits per heavy atom. The summed E-state index contributed by atoms with van der Waals surface area (Å²) >= 11 is 0. The van der Waals surface area contributed by atoms with E-state index in [9.17, 15) is 18.8 Å². The van der Waals surface area contributed by atoms with Crippen LogP contribution in [0.1, 0.15) is 31.2 Å². The van der Waals surface area contributed by atoms with Crippen LogP contribution in [0.5, 0.6) is 0 Å². The summed E-state index contributed by atoms with van der Waals surface area (Å²) in [4.78, 5) is 11.3. The number of anilines is 2. The fourth-order valence-corrected chi connectivity index (χ4v) is 6.46. The van der Waals surface area contributed by atoms with Gasteiger partial charge in [-0.3, -0.25) is 0 Å². The Balaban J connectivity index is 1.24. The second-order valence-corrected chi connectivity index (χ2v) is 11.6. The summed E-state index contributed by atoms with van der Waals surface area (Å²) in [7, 11) is -3.66. The first-order valence-corrected chi connectivity index (χ1v) is 13.9.